The predicted molar refractivity (Wildman–Crippen MR) is 65.7 cm³/mol. The number of carboxylic acid groups (broad SMARTS) is 1. The van der Waals surface area contributed by atoms with Gasteiger partial charge in [0.2, 0.25) is 0 Å². The fourth-order valence-electron chi connectivity index (χ4n) is 1.43. The number of hydrogen-bond acceptors (Lipinski definition) is 2. The zero-order chi connectivity index (χ0) is 12.8. The van der Waals surface area contributed by atoms with Gasteiger partial charge in [0.25, 0.3) is 0 Å². The van der Waals surface area contributed by atoms with Crippen LogP contribution < -0.4 is 4.90 Å². The molecule has 0 atom stereocenters. The molecule has 0 aromatic heterocycles. The maximum Gasteiger partial charge on any atom is 0.331 e. The highest BCUT2D eigenvalue weighted by Crippen LogP contribution is 2.13. The van der Waals surface area contributed by atoms with Crippen molar-refractivity contribution in [2.45, 2.75) is 13.3 Å². The molecule has 1 rings (SSSR count). The van der Waals surface area contributed by atoms with E-state index in [1.54, 1.807) is 25.1 Å². The number of hydrogen-bond donors (Lipinski definition) is 1. The molecule has 1 N–H and O–H groups in total. The van der Waals surface area contributed by atoms with E-state index in [4.69, 9.17) is 5.11 Å². The van der Waals surface area contributed by atoms with Gasteiger partial charge >= 0.3 is 5.97 Å². The second-order valence-corrected chi connectivity index (χ2v) is 3.75. The first-order valence-corrected chi connectivity index (χ1v) is 5.43. The van der Waals surface area contributed by atoms with Gasteiger partial charge < -0.3 is 10.0 Å². The summed E-state index contributed by atoms with van der Waals surface area (Å²) < 4.78 is 12.7. The summed E-state index contributed by atoms with van der Waals surface area (Å²) in [6.45, 7) is 2.29. The predicted octanol–water partition coefficient (Wildman–Crippen LogP) is 2.68. The molecule has 1 aromatic carbocycles. The molecule has 0 aliphatic rings. The lowest BCUT2D eigenvalue weighted by atomic mass is 10.2. The Kier molecular flexibility index (Phi) is 4.69. The van der Waals surface area contributed by atoms with Gasteiger partial charge in [0.1, 0.15) is 5.82 Å². The summed E-state index contributed by atoms with van der Waals surface area (Å²) in [5.74, 6) is -1.17. The Bertz CT molecular complexity index is 412. The second kappa shape index (κ2) is 6.03. The van der Waals surface area contributed by atoms with Gasteiger partial charge in [0, 0.05) is 24.9 Å². The van der Waals surface area contributed by atoms with Crippen molar-refractivity contribution in [2.24, 2.45) is 0 Å². The average Bonchev–Trinajstić information content (AvgIpc) is 2.30. The van der Waals surface area contributed by atoms with Gasteiger partial charge in [0.05, 0.1) is 0 Å². The number of halogens is 1. The maximum absolute atomic E-state index is 12.7. The van der Waals surface area contributed by atoms with Crippen molar-refractivity contribution in [1.82, 2.24) is 0 Å². The molecule has 0 fully saturated rings. The minimum atomic E-state index is -0.889. The molecule has 0 saturated heterocycles. The van der Waals surface area contributed by atoms with Crippen LogP contribution >= 0.6 is 0 Å². The molecule has 0 amide bonds. The van der Waals surface area contributed by atoms with Crippen LogP contribution in [0.5, 0.6) is 0 Å². The van der Waals surface area contributed by atoms with Gasteiger partial charge in [-0.1, -0.05) is 13.0 Å². The zero-order valence-electron chi connectivity index (χ0n) is 9.98. The Morgan fingerprint density at radius 1 is 1.41 bits per heavy atom. The van der Waals surface area contributed by atoms with Crippen molar-refractivity contribution in [3.05, 3.63) is 41.7 Å². The highest BCUT2D eigenvalue weighted by Gasteiger charge is 2.05. The van der Waals surface area contributed by atoms with Gasteiger partial charge in [-0.3, -0.25) is 0 Å². The molecule has 17 heavy (non-hydrogen) atoms. The first kappa shape index (κ1) is 13.2. The Balaban J connectivity index is 2.69. The number of anilines is 1. The van der Waals surface area contributed by atoms with Crippen LogP contribution in [0.4, 0.5) is 10.1 Å². The first-order chi connectivity index (χ1) is 8.04. The van der Waals surface area contributed by atoms with Crippen molar-refractivity contribution in [1.29, 1.82) is 0 Å². The van der Waals surface area contributed by atoms with Gasteiger partial charge in [-0.25, -0.2) is 9.18 Å². The molecule has 1 aromatic rings. The van der Waals surface area contributed by atoms with E-state index in [0.717, 1.165) is 5.69 Å². The quantitative estimate of drug-likeness (QED) is 0.800. The smallest absolute Gasteiger partial charge is 0.331 e. The zero-order valence-corrected chi connectivity index (χ0v) is 9.98. The second-order valence-electron chi connectivity index (χ2n) is 3.75. The topological polar surface area (TPSA) is 40.5 Å². The molecular formula is C13H16FNO2. The van der Waals surface area contributed by atoms with Gasteiger partial charge in [-0.2, -0.15) is 0 Å². The Labute approximate surface area is 100 Å². The van der Waals surface area contributed by atoms with Crippen LogP contribution in [-0.4, -0.2) is 24.7 Å². The van der Waals surface area contributed by atoms with E-state index >= 15 is 0 Å². The Morgan fingerprint density at radius 3 is 2.47 bits per heavy atom. The molecule has 0 aliphatic carbocycles. The molecule has 4 heteroatoms. The lowest BCUT2D eigenvalue weighted by Crippen LogP contribution is -2.18. The average molecular weight is 237 g/mol. The minimum absolute atomic E-state index is 0.280. The molecule has 0 spiro atoms. The molecular weight excluding hydrogens is 221 g/mol. The van der Waals surface area contributed by atoms with Crippen LogP contribution in [0, 0.1) is 5.82 Å². The lowest BCUT2D eigenvalue weighted by molar-refractivity contribution is -0.132. The number of nitrogens with zero attached hydrogens (tertiary/aromatic N) is 1. The number of aliphatic carboxylic acids is 1. The summed E-state index contributed by atoms with van der Waals surface area (Å²) in [5.41, 5.74) is 1.24. The normalized spacial score (nSPS) is 11.4. The van der Waals surface area contributed by atoms with Crippen LogP contribution in [-0.2, 0) is 4.79 Å². The van der Waals surface area contributed by atoms with Crippen LogP contribution in [0.1, 0.15) is 13.3 Å². The third kappa shape index (κ3) is 3.90. The van der Waals surface area contributed by atoms with Crippen molar-refractivity contribution >= 4 is 11.7 Å². The summed E-state index contributed by atoms with van der Waals surface area (Å²) in [5, 5.41) is 8.86. The number of carboxylic acids is 1. The number of benzene rings is 1. The molecule has 0 radical (unpaired) electrons. The molecule has 0 aliphatic heterocycles. The van der Waals surface area contributed by atoms with Crippen LogP contribution in [0.15, 0.2) is 35.9 Å². The number of rotatable bonds is 5. The van der Waals surface area contributed by atoms with Gasteiger partial charge in [-0.15, -0.1) is 0 Å². The summed E-state index contributed by atoms with van der Waals surface area (Å²) in [7, 11) is 1.83. The Morgan fingerprint density at radius 2 is 2.00 bits per heavy atom. The van der Waals surface area contributed by atoms with Gasteiger partial charge in [-0.05, 0) is 30.7 Å². The molecule has 0 heterocycles. The standard InChI is InChI=1S/C13H16FNO2/c1-3-10(13(16)17)8-9-15(2)12-6-4-11(14)5-7-12/h4-8H,3,9H2,1-2H3,(H,16,17). The monoisotopic (exact) mass is 237 g/mol. The molecule has 92 valence electrons. The molecule has 3 nitrogen and oxygen atoms in total. The van der Waals surface area contributed by atoms with Crippen LogP contribution in [0.2, 0.25) is 0 Å². The van der Waals surface area contributed by atoms with Crippen molar-refractivity contribution in [3.8, 4) is 0 Å². The van der Waals surface area contributed by atoms with E-state index in [2.05, 4.69) is 0 Å². The molecule has 0 bridgehead atoms. The molecule has 0 unspecified atom stereocenters. The van der Waals surface area contributed by atoms with E-state index in [0.29, 0.717) is 18.5 Å². The Hall–Kier alpha value is -1.84. The summed E-state index contributed by atoms with van der Waals surface area (Å²) in [6, 6.07) is 6.09. The third-order valence-electron chi connectivity index (χ3n) is 2.53. The van der Waals surface area contributed by atoms with E-state index in [1.807, 2.05) is 11.9 Å². The maximum atomic E-state index is 12.7. The lowest BCUT2D eigenvalue weighted by Gasteiger charge is -2.17. The van der Waals surface area contributed by atoms with Gasteiger partial charge in [0.15, 0.2) is 0 Å². The molecule has 0 saturated carbocycles. The fraction of sp³-hybridized carbons (Fsp3) is 0.308. The minimum Gasteiger partial charge on any atom is -0.478 e. The summed E-state index contributed by atoms with van der Waals surface area (Å²) in [6.07, 6.45) is 2.16. The van der Waals surface area contributed by atoms with E-state index in [1.165, 1.54) is 12.1 Å². The number of carbonyl (C=O) groups is 1. The van der Waals surface area contributed by atoms with Crippen LogP contribution in [0.3, 0.4) is 0 Å². The first-order valence-electron chi connectivity index (χ1n) is 5.43. The highest BCUT2D eigenvalue weighted by molar-refractivity contribution is 5.86. The van der Waals surface area contributed by atoms with Crippen molar-refractivity contribution in [2.75, 3.05) is 18.5 Å². The third-order valence-corrected chi connectivity index (χ3v) is 2.53. The van der Waals surface area contributed by atoms with E-state index < -0.39 is 5.97 Å². The summed E-state index contributed by atoms with van der Waals surface area (Å²) >= 11 is 0. The summed E-state index contributed by atoms with van der Waals surface area (Å²) in [4.78, 5) is 12.6. The van der Waals surface area contributed by atoms with Crippen LogP contribution in [0.25, 0.3) is 0 Å². The van der Waals surface area contributed by atoms with E-state index in [9.17, 15) is 9.18 Å². The van der Waals surface area contributed by atoms with Crippen molar-refractivity contribution in [3.63, 3.8) is 0 Å². The van der Waals surface area contributed by atoms with Crippen molar-refractivity contribution < 1.29 is 14.3 Å². The number of likely N-dealkylation sites (N-methyl/N-ethyl adjacent to an activating group) is 1. The van der Waals surface area contributed by atoms with E-state index in [-0.39, 0.29) is 5.82 Å². The fourth-order valence-corrected chi connectivity index (χ4v) is 1.43. The largest absolute Gasteiger partial charge is 0.478 e. The highest BCUT2D eigenvalue weighted by atomic mass is 19.1. The SMILES string of the molecule is CCC(=CCN(C)c1ccc(F)cc1)C(=O)O.